The lowest BCUT2D eigenvalue weighted by molar-refractivity contribution is 0.316. The summed E-state index contributed by atoms with van der Waals surface area (Å²) in [5.74, 6) is 2.69. The zero-order valence-corrected chi connectivity index (χ0v) is 14.2. The maximum absolute atomic E-state index is 4.95. The molecule has 2 aliphatic rings. The summed E-state index contributed by atoms with van der Waals surface area (Å²) in [6.45, 7) is 5.67. The van der Waals surface area contributed by atoms with E-state index in [1.807, 2.05) is 0 Å². The first-order chi connectivity index (χ1) is 9.66. The van der Waals surface area contributed by atoms with E-state index in [1.54, 1.807) is 0 Å². The van der Waals surface area contributed by atoms with Crippen molar-refractivity contribution in [2.75, 3.05) is 11.9 Å². The fourth-order valence-corrected chi connectivity index (χ4v) is 4.29. The number of halogens is 1. The van der Waals surface area contributed by atoms with Gasteiger partial charge in [-0.15, -0.1) is 0 Å². The summed E-state index contributed by atoms with van der Waals surface area (Å²) in [6.07, 6.45) is 9.33. The summed E-state index contributed by atoms with van der Waals surface area (Å²) < 4.78 is 3.46. The number of rotatable bonds is 3. The van der Waals surface area contributed by atoms with Gasteiger partial charge in [-0.2, -0.15) is 5.10 Å². The molecule has 0 aromatic carbocycles. The van der Waals surface area contributed by atoms with Crippen molar-refractivity contribution in [2.45, 2.75) is 64.8 Å². The summed E-state index contributed by atoms with van der Waals surface area (Å²) in [4.78, 5) is 0. The number of nitrogens with zero attached hydrogens (tertiary/aromatic N) is 2. The fourth-order valence-electron chi connectivity index (χ4n) is 3.73. The van der Waals surface area contributed by atoms with Crippen molar-refractivity contribution in [3.8, 4) is 0 Å². The molecule has 4 heteroatoms. The van der Waals surface area contributed by atoms with Crippen molar-refractivity contribution in [3.05, 3.63) is 10.2 Å². The quantitative estimate of drug-likeness (QED) is 0.858. The molecule has 0 amide bonds. The third kappa shape index (κ3) is 2.76. The molecule has 3 nitrogen and oxygen atoms in total. The van der Waals surface area contributed by atoms with Crippen LogP contribution < -0.4 is 5.32 Å². The lowest BCUT2D eigenvalue weighted by Crippen LogP contribution is -2.27. The average molecular weight is 340 g/mol. The highest BCUT2D eigenvalue weighted by Crippen LogP contribution is 2.38. The molecule has 1 aromatic rings. The highest BCUT2D eigenvalue weighted by atomic mass is 79.9. The van der Waals surface area contributed by atoms with Crippen molar-refractivity contribution in [1.29, 1.82) is 0 Å². The van der Waals surface area contributed by atoms with E-state index in [0.717, 1.165) is 18.9 Å². The molecule has 20 heavy (non-hydrogen) atoms. The molecule has 0 spiro atoms. The zero-order valence-electron chi connectivity index (χ0n) is 12.7. The van der Waals surface area contributed by atoms with Crippen LogP contribution in [0.5, 0.6) is 0 Å². The van der Waals surface area contributed by atoms with Gasteiger partial charge in [-0.1, -0.05) is 46.0 Å². The Morgan fingerprint density at radius 2 is 2.00 bits per heavy atom. The standard InChI is InChI=1S/C16H26BrN3/c1-11(2)14-8-9-18-16-15(17)13(19-20(14)16)10-12-6-4-3-5-7-12/h11-12,14,18H,3-10H2,1-2H3. The molecule has 1 aromatic heterocycles. The maximum atomic E-state index is 4.95. The predicted molar refractivity (Wildman–Crippen MR) is 87.2 cm³/mol. The van der Waals surface area contributed by atoms with Crippen LogP contribution in [0, 0.1) is 11.8 Å². The molecule has 1 atom stereocenters. The van der Waals surface area contributed by atoms with Crippen LogP contribution in [0.1, 0.15) is 64.1 Å². The fraction of sp³-hybridized carbons (Fsp3) is 0.812. The molecule has 1 aliphatic carbocycles. The minimum atomic E-state index is 0.544. The van der Waals surface area contributed by atoms with E-state index >= 15 is 0 Å². The molecule has 0 bridgehead atoms. The highest BCUT2D eigenvalue weighted by Gasteiger charge is 2.28. The van der Waals surface area contributed by atoms with Gasteiger partial charge in [-0.3, -0.25) is 0 Å². The van der Waals surface area contributed by atoms with Crippen LogP contribution in [0.25, 0.3) is 0 Å². The van der Waals surface area contributed by atoms with E-state index in [2.05, 4.69) is 39.8 Å². The smallest absolute Gasteiger partial charge is 0.139 e. The molecule has 1 aliphatic heterocycles. The van der Waals surface area contributed by atoms with Crippen molar-refractivity contribution in [2.24, 2.45) is 11.8 Å². The van der Waals surface area contributed by atoms with E-state index in [0.29, 0.717) is 12.0 Å². The Morgan fingerprint density at radius 3 is 2.70 bits per heavy atom. The Morgan fingerprint density at radius 1 is 1.25 bits per heavy atom. The highest BCUT2D eigenvalue weighted by molar-refractivity contribution is 9.10. The minimum Gasteiger partial charge on any atom is -0.369 e. The van der Waals surface area contributed by atoms with Crippen molar-refractivity contribution >= 4 is 21.7 Å². The Balaban J connectivity index is 1.82. The monoisotopic (exact) mass is 339 g/mol. The number of fused-ring (bicyclic) bond motifs is 1. The number of hydrogen-bond donors (Lipinski definition) is 1. The summed E-state index contributed by atoms with van der Waals surface area (Å²) in [7, 11) is 0. The van der Waals surface area contributed by atoms with Crippen molar-refractivity contribution < 1.29 is 0 Å². The zero-order chi connectivity index (χ0) is 14.1. The number of anilines is 1. The van der Waals surface area contributed by atoms with Gasteiger partial charge in [0.25, 0.3) is 0 Å². The summed E-state index contributed by atoms with van der Waals surface area (Å²) in [5.41, 5.74) is 1.27. The van der Waals surface area contributed by atoms with Crippen LogP contribution in [0.3, 0.4) is 0 Å². The molecule has 0 radical (unpaired) electrons. The van der Waals surface area contributed by atoms with Gasteiger partial charge in [-0.25, -0.2) is 4.68 Å². The molecule has 1 saturated carbocycles. The van der Waals surface area contributed by atoms with Gasteiger partial charge in [0.15, 0.2) is 0 Å². The minimum absolute atomic E-state index is 0.544. The van der Waals surface area contributed by atoms with Crippen LogP contribution in [-0.2, 0) is 6.42 Å². The first-order valence-electron chi connectivity index (χ1n) is 8.17. The van der Waals surface area contributed by atoms with Gasteiger partial charge in [0.1, 0.15) is 5.82 Å². The van der Waals surface area contributed by atoms with Gasteiger partial charge < -0.3 is 5.32 Å². The van der Waals surface area contributed by atoms with Crippen molar-refractivity contribution in [3.63, 3.8) is 0 Å². The molecule has 1 unspecified atom stereocenters. The summed E-state index contributed by atoms with van der Waals surface area (Å²) in [5, 5.41) is 8.48. The molecule has 112 valence electrons. The maximum Gasteiger partial charge on any atom is 0.139 e. The Hall–Kier alpha value is -0.510. The van der Waals surface area contributed by atoms with Gasteiger partial charge in [0.2, 0.25) is 0 Å². The van der Waals surface area contributed by atoms with Crippen LogP contribution in [0.15, 0.2) is 4.47 Å². The Kier molecular flexibility index (Phi) is 4.39. The van der Waals surface area contributed by atoms with Gasteiger partial charge in [0, 0.05) is 6.54 Å². The van der Waals surface area contributed by atoms with Gasteiger partial charge in [-0.05, 0) is 40.6 Å². The number of hydrogen-bond acceptors (Lipinski definition) is 2. The van der Waals surface area contributed by atoms with Crippen LogP contribution in [0.4, 0.5) is 5.82 Å². The summed E-state index contributed by atoms with van der Waals surface area (Å²) in [6, 6.07) is 0.544. The number of nitrogens with one attached hydrogen (secondary N) is 1. The van der Waals surface area contributed by atoms with E-state index in [9.17, 15) is 0 Å². The van der Waals surface area contributed by atoms with Gasteiger partial charge >= 0.3 is 0 Å². The third-order valence-corrected chi connectivity index (χ3v) is 5.78. The molecular weight excluding hydrogens is 314 g/mol. The van der Waals surface area contributed by atoms with Gasteiger partial charge in [0.05, 0.1) is 16.2 Å². The second-order valence-electron chi connectivity index (χ2n) is 6.79. The first kappa shape index (κ1) is 14.4. The summed E-state index contributed by atoms with van der Waals surface area (Å²) >= 11 is 3.79. The molecule has 3 rings (SSSR count). The molecule has 2 heterocycles. The second-order valence-corrected chi connectivity index (χ2v) is 7.58. The molecule has 0 saturated heterocycles. The predicted octanol–water partition coefficient (Wildman–Crippen LogP) is 4.78. The normalized spacial score (nSPS) is 23.7. The number of aromatic nitrogens is 2. The van der Waals surface area contributed by atoms with Crippen LogP contribution in [-0.4, -0.2) is 16.3 Å². The topological polar surface area (TPSA) is 29.9 Å². The Labute approximate surface area is 130 Å². The Bertz CT molecular complexity index is 461. The van der Waals surface area contributed by atoms with E-state index in [-0.39, 0.29) is 0 Å². The lowest BCUT2D eigenvalue weighted by atomic mass is 9.86. The van der Waals surface area contributed by atoms with Crippen molar-refractivity contribution in [1.82, 2.24) is 9.78 Å². The van der Waals surface area contributed by atoms with E-state index < -0.39 is 0 Å². The van der Waals surface area contributed by atoms with E-state index in [4.69, 9.17) is 5.10 Å². The van der Waals surface area contributed by atoms with Crippen LogP contribution in [0.2, 0.25) is 0 Å². The van der Waals surface area contributed by atoms with E-state index in [1.165, 1.54) is 54.5 Å². The third-order valence-electron chi connectivity index (χ3n) is 4.94. The van der Waals surface area contributed by atoms with Crippen LogP contribution >= 0.6 is 15.9 Å². The lowest BCUT2D eigenvalue weighted by Gasteiger charge is -2.28. The largest absolute Gasteiger partial charge is 0.369 e. The SMILES string of the molecule is CC(C)C1CCNc2c(Br)c(CC3CCCCC3)nn21. The molecular formula is C16H26BrN3. The second kappa shape index (κ2) is 6.08. The molecule has 1 fully saturated rings. The molecule has 1 N–H and O–H groups in total. The average Bonchev–Trinajstić information content (AvgIpc) is 2.77. The first-order valence-corrected chi connectivity index (χ1v) is 8.97.